The van der Waals surface area contributed by atoms with Crippen LogP contribution in [-0.2, 0) is 13.0 Å². The Labute approximate surface area is 171 Å². The van der Waals surface area contributed by atoms with E-state index >= 15 is 0 Å². The minimum atomic E-state index is -0.272. The lowest BCUT2D eigenvalue weighted by atomic mass is 9.97. The number of rotatable bonds is 6. The van der Waals surface area contributed by atoms with Crippen LogP contribution in [0.1, 0.15) is 71.7 Å². The van der Waals surface area contributed by atoms with Gasteiger partial charge in [-0.2, -0.15) is 0 Å². The van der Waals surface area contributed by atoms with E-state index in [-0.39, 0.29) is 11.8 Å². The quantitative estimate of drug-likeness (QED) is 0.727. The van der Waals surface area contributed by atoms with Gasteiger partial charge in [0.15, 0.2) is 5.82 Å². The standard InChI is InChI=1S/C23H28N4O2/c28-22(24-15-14-17-9-3-1-4-10-17)20-19-13-7-8-16-27(19)21(26-20)23(29)25-18-11-5-2-6-12-18/h2,5-6,9,11-12H,1,3-4,7-8,10,13-16H2,(H,24,28)(H,25,29). The molecule has 0 saturated carbocycles. The number of carbonyl (C=O) groups excluding carboxylic acids is 2. The van der Waals surface area contributed by atoms with Crippen LogP contribution in [0.2, 0.25) is 0 Å². The molecule has 0 saturated heterocycles. The first kappa shape index (κ1) is 19.4. The van der Waals surface area contributed by atoms with Crippen LogP contribution in [0, 0.1) is 0 Å². The lowest BCUT2D eigenvalue weighted by Crippen LogP contribution is -2.27. The number of imidazole rings is 1. The van der Waals surface area contributed by atoms with Crippen molar-refractivity contribution in [1.82, 2.24) is 14.9 Å². The molecule has 2 amide bonds. The van der Waals surface area contributed by atoms with Gasteiger partial charge in [0.2, 0.25) is 0 Å². The highest BCUT2D eigenvalue weighted by Gasteiger charge is 2.27. The first-order valence-corrected chi connectivity index (χ1v) is 10.6. The number of nitrogens with one attached hydrogen (secondary N) is 2. The van der Waals surface area contributed by atoms with Crippen LogP contribution in [-0.4, -0.2) is 27.9 Å². The van der Waals surface area contributed by atoms with Gasteiger partial charge in [-0.15, -0.1) is 0 Å². The monoisotopic (exact) mass is 392 g/mol. The van der Waals surface area contributed by atoms with Crippen molar-refractivity contribution in [2.24, 2.45) is 0 Å². The molecule has 0 radical (unpaired) electrons. The Kier molecular flexibility index (Phi) is 6.08. The van der Waals surface area contributed by atoms with Crippen LogP contribution in [0.3, 0.4) is 0 Å². The summed E-state index contributed by atoms with van der Waals surface area (Å²) >= 11 is 0. The third-order valence-electron chi connectivity index (χ3n) is 5.68. The highest BCUT2D eigenvalue weighted by Crippen LogP contribution is 2.23. The number of hydrogen-bond acceptors (Lipinski definition) is 3. The molecule has 0 unspecified atom stereocenters. The largest absolute Gasteiger partial charge is 0.350 e. The number of aromatic nitrogens is 2. The summed E-state index contributed by atoms with van der Waals surface area (Å²) in [5, 5.41) is 5.90. The average molecular weight is 393 g/mol. The lowest BCUT2D eigenvalue weighted by Gasteiger charge is -2.17. The second kappa shape index (κ2) is 9.07. The molecule has 2 heterocycles. The van der Waals surface area contributed by atoms with E-state index in [1.54, 1.807) is 0 Å². The van der Waals surface area contributed by atoms with Gasteiger partial charge < -0.3 is 15.2 Å². The molecule has 1 aromatic carbocycles. The molecule has 4 rings (SSSR count). The Morgan fingerprint density at radius 2 is 1.83 bits per heavy atom. The summed E-state index contributed by atoms with van der Waals surface area (Å²) in [6, 6.07) is 9.32. The molecule has 1 aliphatic heterocycles. The van der Waals surface area contributed by atoms with Crippen molar-refractivity contribution < 1.29 is 9.59 Å². The van der Waals surface area contributed by atoms with Gasteiger partial charge in [0.25, 0.3) is 11.8 Å². The summed E-state index contributed by atoms with van der Waals surface area (Å²) in [6.45, 7) is 1.34. The SMILES string of the molecule is O=C(NCCC1=CCCCC1)c1nc(C(=O)Nc2ccccc2)n2c1CCCC2. The number of benzene rings is 1. The smallest absolute Gasteiger partial charge is 0.291 e. The van der Waals surface area contributed by atoms with Crippen LogP contribution < -0.4 is 10.6 Å². The molecule has 29 heavy (non-hydrogen) atoms. The van der Waals surface area contributed by atoms with Crippen molar-refractivity contribution in [1.29, 1.82) is 0 Å². The predicted molar refractivity (Wildman–Crippen MR) is 113 cm³/mol. The van der Waals surface area contributed by atoms with Crippen LogP contribution in [0.4, 0.5) is 5.69 Å². The summed E-state index contributed by atoms with van der Waals surface area (Å²) in [5.41, 5.74) is 3.44. The van der Waals surface area contributed by atoms with Crippen molar-refractivity contribution in [2.45, 2.75) is 57.9 Å². The fraction of sp³-hybridized carbons (Fsp3) is 0.435. The van der Waals surface area contributed by atoms with Crippen molar-refractivity contribution in [3.8, 4) is 0 Å². The molecule has 2 N–H and O–H groups in total. The molecule has 1 aliphatic carbocycles. The van der Waals surface area contributed by atoms with E-state index in [0.29, 0.717) is 18.1 Å². The molecule has 0 atom stereocenters. The molecule has 2 aromatic rings. The van der Waals surface area contributed by atoms with Crippen LogP contribution in [0.25, 0.3) is 0 Å². The molecule has 6 nitrogen and oxygen atoms in total. The summed E-state index contributed by atoms with van der Waals surface area (Å²) in [5.74, 6) is -0.125. The Morgan fingerprint density at radius 1 is 1.00 bits per heavy atom. The number of anilines is 1. The molecule has 1 aromatic heterocycles. The zero-order valence-corrected chi connectivity index (χ0v) is 16.7. The Bertz CT molecular complexity index is 914. The van der Waals surface area contributed by atoms with Gasteiger partial charge in [0.1, 0.15) is 5.69 Å². The van der Waals surface area contributed by atoms with Crippen molar-refractivity contribution in [2.75, 3.05) is 11.9 Å². The summed E-state index contributed by atoms with van der Waals surface area (Å²) in [6.07, 6.45) is 10.8. The fourth-order valence-corrected chi connectivity index (χ4v) is 4.16. The second-order valence-corrected chi connectivity index (χ2v) is 7.77. The molecule has 6 heteroatoms. The first-order chi connectivity index (χ1) is 14.2. The van der Waals surface area contributed by atoms with Gasteiger partial charge in [0, 0.05) is 18.8 Å². The number of fused-ring (bicyclic) bond motifs is 1. The zero-order valence-electron chi connectivity index (χ0n) is 16.7. The lowest BCUT2D eigenvalue weighted by molar-refractivity contribution is 0.0948. The second-order valence-electron chi connectivity index (χ2n) is 7.77. The highest BCUT2D eigenvalue weighted by atomic mass is 16.2. The summed E-state index contributed by atoms with van der Waals surface area (Å²) in [4.78, 5) is 30.1. The highest BCUT2D eigenvalue weighted by molar-refractivity contribution is 6.03. The van der Waals surface area contributed by atoms with Crippen molar-refractivity contribution in [3.63, 3.8) is 0 Å². The number of carbonyl (C=O) groups is 2. The van der Waals surface area contributed by atoms with Crippen LogP contribution in [0.15, 0.2) is 42.0 Å². The van der Waals surface area contributed by atoms with Gasteiger partial charge in [-0.3, -0.25) is 9.59 Å². The van der Waals surface area contributed by atoms with E-state index in [2.05, 4.69) is 21.7 Å². The summed E-state index contributed by atoms with van der Waals surface area (Å²) < 4.78 is 1.92. The maximum absolute atomic E-state index is 12.8. The Hall–Kier alpha value is -2.89. The van der Waals surface area contributed by atoms with Gasteiger partial charge in [-0.25, -0.2) is 4.98 Å². The predicted octanol–water partition coefficient (Wildman–Crippen LogP) is 4.09. The number of hydrogen-bond donors (Lipinski definition) is 2. The van der Waals surface area contributed by atoms with E-state index < -0.39 is 0 Å². The minimum absolute atomic E-state index is 0.175. The normalized spacial score (nSPS) is 15.9. The molecular formula is C23H28N4O2. The number of amides is 2. The molecule has 152 valence electrons. The van der Waals surface area contributed by atoms with E-state index in [1.807, 2.05) is 34.9 Å². The maximum Gasteiger partial charge on any atom is 0.291 e. The third-order valence-corrected chi connectivity index (χ3v) is 5.68. The number of para-hydroxylation sites is 1. The molecule has 0 spiro atoms. The fourth-order valence-electron chi connectivity index (χ4n) is 4.16. The number of allylic oxidation sites excluding steroid dienone is 1. The minimum Gasteiger partial charge on any atom is -0.350 e. The van der Waals surface area contributed by atoms with Crippen molar-refractivity contribution in [3.05, 3.63) is 59.2 Å². The molecule has 2 aliphatic rings. The van der Waals surface area contributed by atoms with E-state index in [0.717, 1.165) is 56.5 Å². The van der Waals surface area contributed by atoms with E-state index in [1.165, 1.54) is 18.4 Å². The van der Waals surface area contributed by atoms with Gasteiger partial charge in [-0.05, 0) is 63.5 Å². The topological polar surface area (TPSA) is 76.0 Å². The maximum atomic E-state index is 12.8. The number of nitrogens with zero attached hydrogens (tertiary/aromatic N) is 2. The Balaban J connectivity index is 1.47. The summed E-state index contributed by atoms with van der Waals surface area (Å²) in [7, 11) is 0. The van der Waals surface area contributed by atoms with Gasteiger partial charge >= 0.3 is 0 Å². The average Bonchev–Trinajstić information content (AvgIpc) is 3.15. The van der Waals surface area contributed by atoms with E-state index in [9.17, 15) is 9.59 Å². The van der Waals surface area contributed by atoms with E-state index in [4.69, 9.17) is 0 Å². The molecule has 0 fully saturated rings. The van der Waals surface area contributed by atoms with Crippen LogP contribution >= 0.6 is 0 Å². The van der Waals surface area contributed by atoms with Crippen LogP contribution in [0.5, 0.6) is 0 Å². The third kappa shape index (κ3) is 4.58. The molecular weight excluding hydrogens is 364 g/mol. The molecule has 0 bridgehead atoms. The van der Waals surface area contributed by atoms with Gasteiger partial charge in [-0.1, -0.05) is 29.8 Å². The zero-order chi connectivity index (χ0) is 20.1. The van der Waals surface area contributed by atoms with Crippen molar-refractivity contribution >= 4 is 17.5 Å². The first-order valence-electron chi connectivity index (χ1n) is 10.6. The Morgan fingerprint density at radius 3 is 2.62 bits per heavy atom. The van der Waals surface area contributed by atoms with Gasteiger partial charge in [0.05, 0.1) is 5.69 Å².